The fourth-order valence-corrected chi connectivity index (χ4v) is 3.89. The van der Waals surface area contributed by atoms with E-state index in [2.05, 4.69) is 36.3 Å². The van der Waals surface area contributed by atoms with Crippen molar-refractivity contribution in [1.82, 2.24) is 29.0 Å². The number of rotatable bonds is 4. The molecule has 3 aromatic heterocycles. The molecule has 0 radical (unpaired) electrons. The van der Waals surface area contributed by atoms with E-state index in [4.69, 9.17) is 9.84 Å². The number of nitrogens with zero attached hydrogens (tertiary/aromatic N) is 6. The van der Waals surface area contributed by atoms with Crippen LogP contribution in [0.4, 0.5) is 0 Å². The number of carbonyl (C=O) groups is 1. The number of fused-ring (bicyclic) bond motifs is 1. The Morgan fingerprint density at radius 2 is 1.80 bits per heavy atom. The van der Waals surface area contributed by atoms with Gasteiger partial charge in [-0.1, -0.05) is 17.7 Å². The van der Waals surface area contributed by atoms with Gasteiger partial charge >= 0.3 is 0 Å². The summed E-state index contributed by atoms with van der Waals surface area (Å²) in [5, 5.41) is 9.07. The van der Waals surface area contributed by atoms with Gasteiger partial charge in [-0.2, -0.15) is 5.10 Å². The highest BCUT2D eigenvalue weighted by atomic mass is 16.5. The predicted molar refractivity (Wildman–Crippen MR) is 111 cm³/mol. The predicted octanol–water partition coefficient (Wildman–Crippen LogP) is 2.87. The number of methoxy groups -OCH3 is 1. The maximum atomic E-state index is 13.1. The van der Waals surface area contributed by atoms with Gasteiger partial charge in [0.25, 0.3) is 5.91 Å². The normalized spacial score (nSPS) is 13.0. The molecule has 0 saturated carbocycles. The van der Waals surface area contributed by atoms with Crippen molar-refractivity contribution in [3.63, 3.8) is 0 Å². The second-order valence-corrected chi connectivity index (χ2v) is 7.47. The van der Waals surface area contributed by atoms with E-state index in [1.807, 2.05) is 33.8 Å². The van der Waals surface area contributed by atoms with E-state index >= 15 is 0 Å². The van der Waals surface area contributed by atoms with Gasteiger partial charge in [0.1, 0.15) is 11.4 Å². The molecule has 0 N–H and O–H groups in total. The van der Waals surface area contributed by atoms with Crippen molar-refractivity contribution < 1.29 is 9.53 Å². The lowest BCUT2D eigenvalue weighted by molar-refractivity contribution is 0.0745. The molecular weight excluding hydrogens is 380 g/mol. The van der Waals surface area contributed by atoms with Crippen LogP contribution >= 0.6 is 0 Å². The summed E-state index contributed by atoms with van der Waals surface area (Å²) in [6.07, 6.45) is 5.68. The molecule has 30 heavy (non-hydrogen) atoms. The van der Waals surface area contributed by atoms with Gasteiger partial charge in [0.05, 0.1) is 31.6 Å². The van der Waals surface area contributed by atoms with Crippen LogP contribution in [-0.4, -0.2) is 42.0 Å². The monoisotopic (exact) mass is 402 g/mol. The van der Waals surface area contributed by atoms with Crippen molar-refractivity contribution in [3.05, 3.63) is 77.4 Å². The van der Waals surface area contributed by atoms with Crippen LogP contribution in [0.25, 0.3) is 11.5 Å². The molecule has 0 aliphatic carbocycles. The molecule has 0 saturated heterocycles. The second kappa shape index (κ2) is 6.91. The molecule has 8 nitrogen and oxygen atoms in total. The highest BCUT2D eigenvalue weighted by Gasteiger charge is 2.33. The molecule has 8 heteroatoms. The van der Waals surface area contributed by atoms with Crippen molar-refractivity contribution in [2.45, 2.75) is 20.0 Å². The Bertz CT molecular complexity index is 1220. The quantitative estimate of drug-likeness (QED) is 0.526. The zero-order chi connectivity index (χ0) is 20.8. The van der Waals surface area contributed by atoms with Crippen molar-refractivity contribution in [3.8, 4) is 17.4 Å². The van der Waals surface area contributed by atoms with Crippen LogP contribution in [0, 0.1) is 6.92 Å². The topological polar surface area (TPSA) is 70.1 Å². The Kier molecular flexibility index (Phi) is 4.20. The first-order chi connectivity index (χ1) is 14.5. The molecule has 0 unspecified atom stereocenters. The van der Waals surface area contributed by atoms with Crippen LogP contribution in [-0.2, 0) is 20.1 Å². The van der Waals surface area contributed by atoms with Crippen LogP contribution in [0.15, 0.2) is 55.0 Å². The number of aromatic nitrogens is 5. The Morgan fingerprint density at radius 1 is 1.07 bits per heavy atom. The molecule has 0 atom stereocenters. The van der Waals surface area contributed by atoms with E-state index < -0.39 is 0 Å². The zero-order valence-electron chi connectivity index (χ0n) is 17.1. The van der Waals surface area contributed by atoms with E-state index in [1.54, 1.807) is 22.8 Å². The molecule has 4 heterocycles. The molecule has 5 rings (SSSR count). The van der Waals surface area contributed by atoms with Crippen LogP contribution in [0.3, 0.4) is 0 Å². The maximum Gasteiger partial charge on any atom is 0.261 e. The SMILES string of the molecule is COc1nn(C)cc1C(=O)N1Cc2nn(-c3ccc(C)cc3)c(-n3cccc3)c2C1. The third-order valence-electron chi connectivity index (χ3n) is 5.36. The summed E-state index contributed by atoms with van der Waals surface area (Å²) >= 11 is 0. The molecule has 4 aromatic rings. The van der Waals surface area contributed by atoms with Gasteiger partial charge in [-0.15, -0.1) is 5.10 Å². The fraction of sp³-hybridized carbons (Fsp3) is 0.227. The van der Waals surface area contributed by atoms with Gasteiger partial charge in [0.2, 0.25) is 5.88 Å². The Labute approximate surface area is 173 Å². The average Bonchev–Trinajstić information content (AvgIpc) is 3.50. The molecule has 0 fully saturated rings. The number of aryl methyl sites for hydroxylation is 2. The summed E-state index contributed by atoms with van der Waals surface area (Å²) in [4.78, 5) is 14.9. The molecular formula is C22H22N6O2. The number of benzene rings is 1. The largest absolute Gasteiger partial charge is 0.479 e. The summed E-state index contributed by atoms with van der Waals surface area (Å²) < 4.78 is 10.9. The third kappa shape index (κ3) is 2.88. The van der Waals surface area contributed by atoms with E-state index in [0.29, 0.717) is 24.5 Å². The minimum Gasteiger partial charge on any atom is -0.479 e. The first-order valence-electron chi connectivity index (χ1n) is 9.73. The Morgan fingerprint density at radius 3 is 2.50 bits per heavy atom. The van der Waals surface area contributed by atoms with Gasteiger partial charge in [-0.3, -0.25) is 9.48 Å². The molecule has 0 spiro atoms. The minimum atomic E-state index is -0.113. The Balaban J connectivity index is 1.54. The van der Waals surface area contributed by atoms with Crippen LogP contribution in [0.2, 0.25) is 0 Å². The smallest absolute Gasteiger partial charge is 0.261 e. The maximum absolute atomic E-state index is 13.1. The van der Waals surface area contributed by atoms with Crippen molar-refractivity contribution in [2.75, 3.05) is 7.11 Å². The number of ether oxygens (including phenoxy) is 1. The van der Waals surface area contributed by atoms with Crippen LogP contribution in [0.5, 0.6) is 5.88 Å². The minimum absolute atomic E-state index is 0.113. The summed E-state index contributed by atoms with van der Waals surface area (Å²) in [6.45, 7) is 2.99. The van der Waals surface area contributed by atoms with E-state index in [9.17, 15) is 4.79 Å². The number of hydrogen-bond acceptors (Lipinski definition) is 4. The van der Waals surface area contributed by atoms with E-state index in [1.165, 1.54) is 12.7 Å². The van der Waals surface area contributed by atoms with Crippen molar-refractivity contribution >= 4 is 5.91 Å². The van der Waals surface area contributed by atoms with Gasteiger partial charge < -0.3 is 14.2 Å². The summed E-state index contributed by atoms with van der Waals surface area (Å²) in [5.41, 5.74) is 4.59. The molecule has 1 amide bonds. The number of amides is 1. The summed E-state index contributed by atoms with van der Waals surface area (Å²) in [6, 6.07) is 12.2. The molecule has 152 valence electrons. The molecule has 0 bridgehead atoms. The fourth-order valence-electron chi connectivity index (χ4n) is 3.89. The van der Waals surface area contributed by atoms with Crippen molar-refractivity contribution in [2.24, 2.45) is 7.05 Å². The van der Waals surface area contributed by atoms with Gasteiger partial charge in [0.15, 0.2) is 0 Å². The molecule has 1 aliphatic heterocycles. The lowest BCUT2D eigenvalue weighted by Gasteiger charge is -2.17. The van der Waals surface area contributed by atoms with Crippen LogP contribution in [0.1, 0.15) is 27.2 Å². The van der Waals surface area contributed by atoms with E-state index in [-0.39, 0.29) is 5.91 Å². The van der Waals surface area contributed by atoms with Gasteiger partial charge in [-0.25, -0.2) is 4.68 Å². The average molecular weight is 402 g/mol. The van der Waals surface area contributed by atoms with Crippen LogP contribution < -0.4 is 4.74 Å². The van der Waals surface area contributed by atoms with E-state index in [0.717, 1.165) is 22.8 Å². The molecule has 1 aromatic carbocycles. The highest BCUT2D eigenvalue weighted by Crippen LogP contribution is 2.32. The van der Waals surface area contributed by atoms with Crippen molar-refractivity contribution in [1.29, 1.82) is 0 Å². The highest BCUT2D eigenvalue weighted by molar-refractivity contribution is 5.96. The second-order valence-electron chi connectivity index (χ2n) is 7.47. The van der Waals surface area contributed by atoms with Gasteiger partial charge in [-0.05, 0) is 31.2 Å². The summed E-state index contributed by atoms with van der Waals surface area (Å²) in [5.74, 6) is 1.17. The summed E-state index contributed by atoms with van der Waals surface area (Å²) in [7, 11) is 3.29. The Hall–Kier alpha value is -3.81. The molecule has 1 aliphatic rings. The third-order valence-corrected chi connectivity index (χ3v) is 5.36. The zero-order valence-corrected chi connectivity index (χ0v) is 17.1. The first-order valence-corrected chi connectivity index (χ1v) is 9.73. The van der Waals surface area contributed by atoms with Gasteiger partial charge in [0, 0.05) is 31.2 Å². The lowest BCUT2D eigenvalue weighted by Crippen LogP contribution is -2.26. The lowest BCUT2D eigenvalue weighted by atomic mass is 10.2. The standard InChI is InChI=1S/C22H22N6O2/c1-15-6-8-16(9-7-15)28-21(26-10-4-5-11-26)17-13-27(14-19(17)23-28)22(29)18-12-25(2)24-20(18)30-3/h4-12H,13-14H2,1-3H3. The number of hydrogen-bond donors (Lipinski definition) is 0. The number of carbonyl (C=O) groups excluding carboxylic acids is 1. The first kappa shape index (κ1) is 18.2.